The molecule has 2 bridgehead atoms. The van der Waals surface area contributed by atoms with Crippen LogP contribution in [-0.4, -0.2) is 49.6 Å². The Morgan fingerprint density at radius 2 is 1.85 bits per heavy atom. The molecule has 0 radical (unpaired) electrons. The summed E-state index contributed by atoms with van der Waals surface area (Å²) < 4.78 is 63.8. The van der Waals surface area contributed by atoms with Gasteiger partial charge in [0.05, 0.1) is 18.6 Å². The second kappa shape index (κ2) is 10.5. The van der Waals surface area contributed by atoms with Gasteiger partial charge < -0.3 is 18.9 Å². The average molecular weight is 468 g/mol. The van der Waals surface area contributed by atoms with Crippen molar-refractivity contribution in [3.05, 3.63) is 60.2 Å². The SMILES string of the molecule is CO[C@@](C(=O)O[C@H]1C=C[C@@H]2/C=C\CCC[C@H](C)OC(=O)C[C@@H]1O2)(c1ccccc1)C(F)(F)F. The molecule has 1 aromatic carbocycles. The number of hydrogen-bond acceptors (Lipinski definition) is 6. The van der Waals surface area contributed by atoms with E-state index in [-0.39, 0.29) is 12.5 Å². The molecular formula is C24H27F3O6. The second-order valence-electron chi connectivity index (χ2n) is 8.01. The number of carbonyl (C=O) groups excluding carboxylic acids is 2. The molecule has 0 aliphatic carbocycles. The van der Waals surface area contributed by atoms with Gasteiger partial charge in [0, 0.05) is 12.7 Å². The second-order valence-corrected chi connectivity index (χ2v) is 8.01. The minimum absolute atomic E-state index is 0.283. The molecule has 2 aliphatic heterocycles. The number of halogens is 3. The van der Waals surface area contributed by atoms with Crippen molar-refractivity contribution in [3.8, 4) is 0 Å². The summed E-state index contributed by atoms with van der Waals surface area (Å²) in [5, 5.41) is 0. The van der Waals surface area contributed by atoms with Crippen molar-refractivity contribution in [1.29, 1.82) is 0 Å². The average Bonchev–Trinajstić information content (AvgIpc) is 2.75. The molecule has 2 heterocycles. The molecule has 1 aromatic rings. The van der Waals surface area contributed by atoms with Gasteiger partial charge >= 0.3 is 18.1 Å². The van der Waals surface area contributed by atoms with Gasteiger partial charge in [-0.1, -0.05) is 48.6 Å². The molecule has 0 saturated carbocycles. The van der Waals surface area contributed by atoms with Crippen molar-refractivity contribution in [2.75, 3.05) is 7.11 Å². The number of allylic oxidation sites excluding steroid dienone is 1. The molecule has 0 amide bonds. The monoisotopic (exact) mass is 468 g/mol. The zero-order chi connectivity index (χ0) is 24.1. The lowest BCUT2D eigenvalue weighted by atomic mass is 9.92. The van der Waals surface area contributed by atoms with Gasteiger partial charge in [0.1, 0.15) is 12.2 Å². The van der Waals surface area contributed by atoms with E-state index in [1.807, 2.05) is 6.08 Å². The van der Waals surface area contributed by atoms with Crippen LogP contribution >= 0.6 is 0 Å². The topological polar surface area (TPSA) is 71.1 Å². The van der Waals surface area contributed by atoms with E-state index < -0.39 is 47.6 Å². The quantitative estimate of drug-likeness (QED) is 0.482. The maximum Gasteiger partial charge on any atom is 0.432 e. The van der Waals surface area contributed by atoms with Crippen LogP contribution < -0.4 is 0 Å². The van der Waals surface area contributed by atoms with E-state index in [0.717, 1.165) is 32.1 Å². The van der Waals surface area contributed by atoms with E-state index in [4.69, 9.17) is 18.9 Å². The summed E-state index contributed by atoms with van der Waals surface area (Å²) in [6.45, 7) is 1.77. The number of esters is 2. The largest absolute Gasteiger partial charge is 0.463 e. The smallest absolute Gasteiger partial charge is 0.432 e. The van der Waals surface area contributed by atoms with E-state index in [0.29, 0.717) is 6.42 Å². The van der Waals surface area contributed by atoms with Crippen molar-refractivity contribution >= 4 is 11.9 Å². The van der Waals surface area contributed by atoms with Crippen molar-refractivity contribution in [2.45, 2.75) is 68.8 Å². The Balaban J connectivity index is 1.90. The molecule has 180 valence electrons. The molecule has 9 heteroatoms. The van der Waals surface area contributed by atoms with Crippen molar-refractivity contribution in [2.24, 2.45) is 0 Å². The number of benzene rings is 1. The highest BCUT2D eigenvalue weighted by molar-refractivity contribution is 5.83. The molecule has 0 saturated heterocycles. The first-order valence-corrected chi connectivity index (χ1v) is 10.8. The fraction of sp³-hybridized carbons (Fsp3) is 0.500. The lowest BCUT2D eigenvalue weighted by molar-refractivity contribution is -0.279. The summed E-state index contributed by atoms with van der Waals surface area (Å²) in [4.78, 5) is 25.4. The highest BCUT2D eigenvalue weighted by Gasteiger charge is 2.64. The normalized spacial score (nSPS) is 29.1. The van der Waals surface area contributed by atoms with Crippen LogP contribution in [0.4, 0.5) is 13.2 Å². The zero-order valence-corrected chi connectivity index (χ0v) is 18.4. The molecule has 3 rings (SSSR count). The summed E-state index contributed by atoms with van der Waals surface area (Å²) in [5.41, 5.74) is -3.75. The van der Waals surface area contributed by atoms with Crippen LogP contribution in [0.25, 0.3) is 0 Å². The van der Waals surface area contributed by atoms with Crippen molar-refractivity contribution in [1.82, 2.24) is 0 Å². The third-order valence-electron chi connectivity index (χ3n) is 5.61. The summed E-state index contributed by atoms with van der Waals surface area (Å²) >= 11 is 0. The molecular weight excluding hydrogens is 441 g/mol. The molecule has 2 aliphatic rings. The first-order chi connectivity index (χ1) is 15.7. The Labute approximate surface area is 190 Å². The number of ether oxygens (including phenoxy) is 4. The van der Waals surface area contributed by atoms with Gasteiger partial charge in [-0.2, -0.15) is 13.2 Å². The van der Waals surface area contributed by atoms with Crippen LogP contribution in [0.15, 0.2) is 54.6 Å². The van der Waals surface area contributed by atoms with Gasteiger partial charge in [0.2, 0.25) is 0 Å². The number of fused-ring (bicyclic) bond motifs is 2. The Kier molecular flexibility index (Phi) is 7.97. The minimum atomic E-state index is -5.11. The van der Waals surface area contributed by atoms with Gasteiger partial charge in [0.25, 0.3) is 5.60 Å². The molecule has 0 spiro atoms. The van der Waals surface area contributed by atoms with Crippen LogP contribution in [0.2, 0.25) is 0 Å². The summed E-state index contributed by atoms with van der Waals surface area (Å²) in [5.74, 6) is -2.23. The van der Waals surface area contributed by atoms with E-state index in [1.165, 1.54) is 24.3 Å². The molecule has 0 aromatic heterocycles. The van der Waals surface area contributed by atoms with Gasteiger partial charge in [-0.3, -0.25) is 4.79 Å². The van der Waals surface area contributed by atoms with E-state index in [9.17, 15) is 22.8 Å². The molecule has 5 atom stereocenters. The fourth-order valence-electron chi connectivity index (χ4n) is 3.90. The Bertz CT molecular complexity index is 882. The maximum absolute atomic E-state index is 14.2. The number of cyclic esters (lactones) is 1. The van der Waals surface area contributed by atoms with E-state index >= 15 is 0 Å². The molecule has 33 heavy (non-hydrogen) atoms. The third kappa shape index (κ3) is 5.65. The Morgan fingerprint density at radius 1 is 1.12 bits per heavy atom. The maximum atomic E-state index is 14.2. The predicted octanol–water partition coefficient (Wildman–Crippen LogP) is 4.39. The summed E-state index contributed by atoms with van der Waals surface area (Å²) in [6.07, 6.45) is 0.560. The first-order valence-electron chi connectivity index (χ1n) is 10.8. The molecule has 6 nitrogen and oxygen atoms in total. The van der Waals surface area contributed by atoms with Crippen LogP contribution in [0, 0.1) is 0 Å². The van der Waals surface area contributed by atoms with Gasteiger partial charge in [-0.25, -0.2) is 4.79 Å². The van der Waals surface area contributed by atoms with Crippen molar-refractivity contribution < 1.29 is 41.7 Å². The van der Waals surface area contributed by atoms with E-state index in [2.05, 4.69) is 0 Å². The summed E-state index contributed by atoms with van der Waals surface area (Å²) in [7, 11) is 0.796. The van der Waals surface area contributed by atoms with Crippen LogP contribution in [-0.2, 0) is 34.1 Å². The lowest BCUT2D eigenvalue weighted by Crippen LogP contribution is -2.53. The standard InChI is InChI=1S/C24H27F3O6/c1-16-9-5-3-8-12-18-13-14-19(20(32-18)15-21(28)31-16)33-22(29)23(30-2,24(25,26)27)17-10-6-4-7-11-17/h4,6-8,10-14,16,18-20H,3,5,9,15H2,1-2H3/b12-8-/t16-,18-,19-,20-,23+/m0/s1. The number of carbonyl (C=O) groups is 2. The van der Waals surface area contributed by atoms with Gasteiger partial charge in [-0.15, -0.1) is 0 Å². The number of alkyl halides is 3. The minimum Gasteiger partial charge on any atom is -0.463 e. The fourth-order valence-corrected chi connectivity index (χ4v) is 3.90. The van der Waals surface area contributed by atoms with Crippen LogP contribution in [0.5, 0.6) is 0 Å². The highest BCUT2D eigenvalue weighted by Crippen LogP contribution is 2.43. The zero-order valence-electron chi connectivity index (χ0n) is 18.4. The molecule has 0 fully saturated rings. The van der Waals surface area contributed by atoms with Crippen molar-refractivity contribution in [3.63, 3.8) is 0 Å². The summed E-state index contributed by atoms with van der Waals surface area (Å²) in [6, 6.07) is 6.54. The number of rotatable bonds is 4. The van der Waals surface area contributed by atoms with Gasteiger partial charge in [-0.05, 0) is 32.3 Å². The molecule has 0 unspecified atom stereocenters. The van der Waals surface area contributed by atoms with Gasteiger partial charge in [0.15, 0.2) is 0 Å². The number of methoxy groups -OCH3 is 1. The lowest BCUT2D eigenvalue weighted by Gasteiger charge is -2.36. The first kappa shape index (κ1) is 25.0. The predicted molar refractivity (Wildman–Crippen MR) is 112 cm³/mol. The third-order valence-corrected chi connectivity index (χ3v) is 5.61. The van der Waals surface area contributed by atoms with Crippen LogP contribution in [0.1, 0.15) is 38.2 Å². The Hall–Kier alpha value is -2.65. The number of hydrogen-bond donors (Lipinski definition) is 0. The van der Waals surface area contributed by atoms with E-state index in [1.54, 1.807) is 19.1 Å². The Morgan fingerprint density at radius 3 is 2.52 bits per heavy atom. The van der Waals surface area contributed by atoms with Crippen LogP contribution in [0.3, 0.4) is 0 Å². The highest BCUT2D eigenvalue weighted by atomic mass is 19.4. The molecule has 0 N–H and O–H groups in total.